The molecule has 1 aromatic rings. The van der Waals surface area contributed by atoms with Gasteiger partial charge in [0.05, 0.1) is 0 Å². The van der Waals surface area contributed by atoms with Crippen molar-refractivity contribution in [1.82, 2.24) is 0 Å². The van der Waals surface area contributed by atoms with Gasteiger partial charge in [-0.05, 0) is 29.5 Å². The molecule has 0 N–H and O–H groups in total. The second-order valence-corrected chi connectivity index (χ2v) is 4.81. The minimum Gasteiger partial charge on any atom is -0.0651 e. The largest absolute Gasteiger partial charge is 0.0651 e. The molecule has 0 aromatic heterocycles. The van der Waals surface area contributed by atoms with E-state index in [1.54, 1.807) is 16.7 Å². The lowest BCUT2D eigenvalue weighted by molar-refractivity contribution is 0.795. The molecule has 16 heavy (non-hydrogen) atoms. The van der Waals surface area contributed by atoms with E-state index in [0.29, 0.717) is 5.92 Å². The lowest BCUT2D eigenvalue weighted by atomic mass is 9.94. The smallest absolute Gasteiger partial charge is 0.00318 e. The summed E-state index contributed by atoms with van der Waals surface area (Å²) in [5, 5.41) is 0. The normalized spacial score (nSPS) is 19.1. The molecule has 0 bridgehead atoms. The Hall–Kier alpha value is -1.04. The van der Waals surface area contributed by atoms with Crippen LogP contribution >= 0.6 is 0 Å². The molecule has 0 heterocycles. The van der Waals surface area contributed by atoms with Crippen molar-refractivity contribution in [2.45, 2.75) is 52.4 Å². The number of benzene rings is 1. The van der Waals surface area contributed by atoms with Gasteiger partial charge in [0, 0.05) is 5.92 Å². The first-order valence-corrected chi connectivity index (χ1v) is 6.60. The van der Waals surface area contributed by atoms with Crippen LogP contribution in [0.3, 0.4) is 0 Å². The van der Waals surface area contributed by atoms with Gasteiger partial charge in [0.2, 0.25) is 0 Å². The summed E-state index contributed by atoms with van der Waals surface area (Å²) in [6, 6.07) is 8.96. The van der Waals surface area contributed by atoms with Crippen LogP contribution in [0.4, 0.5) is 0 Å². The zero-order chi connectivity index (χ0) is 11.5. The number of fused-ring (bicyclic) bond motifs is 1. The van der Waals surface area contributed by atoms with E-state index in [4.69, 9.17) is 0 Å². The summed E-state index contributed by atoms with van der Waals surface area (Å²) in [7, 11) is 0. The van der Waals surface area contributed by atoms with Crippen molar-refractivity contribution in [3.8, 4) is 0 Å². The molecular weight excluding hydrogens is 192 g/mol. The summed E-state index contributed by atoms with van der Waals surface area (Å²) in [5.74, 6) is 0.651. The fourth-order valence-electron chi connectivity index (χ4n) is 2.95. The minimum absolute atomic E-state index is 0.651. The number of hydrogen-bond donors (Lipinski definition) is 0. The first kappa shape index (κ1) is 11.4. The van der Waals surface area contributed by atoms with Crippen LogP contribution in [-0.2, 0) is 0 Å². The molecule has 2 rings (SSSR count). The quantitative estimate of drug-likeness (QED) is 0.649. The number of hydrogen-bond acceptors (Lipinski definition) is 0. The van der Waals surface area contributed by atoms with Gasteiger partial charge in [-0.1, -0.05) is 63.5 Å². The first-order valence-electron chi connectivity index (χ1n) is 6.60. The van der Waals surface area contributed by atoms with Crippen LogP contribution in [0.2, 0.25) is 0 Å². The van der Waals surface area contributed by atoms with Gasteiger partial charge >= 0.3 is 0 Å². The van der Waals surface area contributed by atoms with Gasteiger partial charge < -0.3 is 0 Å². The van der Waals surface area contributed by atoms with E-state index in [1.165, 1.54) is 31.2 Å². The lowest BCUT2D eigenvalue weighted by Gasteiger charge is -2.10. The highest BCUT2D eigenvalue weighted by atomic mass is 14.3. The van der Waals surface area contributed by atoms with Gasteiger partial charge in [-0.3, -0.25) is 0 Å². The molecule has 0 saturated carbocycles. The summed E-state index contributed by atoms with van der Waals surface area (Å²) in [5.41, 5.74) is 6.42. The minimum atomic E-state index is 0.651. The van der Waals surface area contributed by atoms with Gasteiger partial charge in [-0.15, -0.1) is 0 Å². The highest BCUT2D eigenvalue weighted by molar-refractivity contribution is 5.78. The third kappa shape index (κ3) is 1.81. The second kappa shape index (κ2) is 4.86. The lowest BCUT2D eigenvalue weighted by Crippen LogP contribution is -1.92. The van der Waals surface area contributed by atoms with Crippen LogP contribution in [-0.4, -0.2) is 0 Å². The van der Waals surface area contributed by atoms with E-state index >= 15 is 0 Å². The van der Waals surface area contributed by atoms with Crippen LogP contribution < -0.4 is 0 Å². The molecular formula is C16H22. The number of allylic oxidation sites excluding steroid dienone is 2. The highest BCUT2D eigenvalue weighted by Gasteiger charge is 2.25. The van der Waals surface area contributed by atoms with Crippen molar-refractivity contribution >= 4 is 5.57 Å². The van der Waals surface area contributed by atoms with Crippen LogP contribution in [0.25, 0.3) is 5.57 Å². The molecule has 0 nitrogen and oxygen atoms in total. The molecule has 0 fully saturated rings. The van der Waals surface area contributed by atoms with Gasteiger partial charge in [0.1, 0.15) is 0 Å². The molecule has 0 spiro atoms. The van der Waals surface area contributed by atoms with Gasteiger partial charge in [-0.2, -0.15) is 0 Å². The molecule has 0 radical (unpaired) electrons. The standard InChI is InChI=1S/C16H22/c1-4-8-13-12(3)14-10-6-7-11-16(14)15(13)9-5-2/h6-7,10-12H,4-5,8-9H2,1-3H3. The van der Waals surface area contributed by atoms with Crippen molar-refractivity contribution in [3.05, 3.63) is 41.0 Å². The van der Waals surface area contributed by atoms with Gasteiger partial charge in [-0.25, -0.2) is 0 Å². The maximum Gasteiger partial charge on any atom is 0.00318 e. The molecule has 0 saturated heterocycles. The molecule has 86 valence electrons. The molecule has 1 atom stereocenters. The highest BCUT2D eigenvalue weighted by Crippen LogP contribution is 2.45. The Morgan fingerprint density at radius 3 is 2.38 bits per heavy atom. The maximum absolute atomic E-state index is 2.37. The average molecular weight is 214 g/mol. The van der Waals surface area contributed by atoms with E-state index in [2.05, 4.69) is 45.0 Å². The van der Waals surface area contributed by atoms with Crippen LogP contribution in [0.5, 0.6) is 0 Å². The van der Waals surface area contributed by atoms with Gasteiger partial charge in [0.25, 0.3) is 0 Å². The Morgan fingerprint density at radius 2 is 1.69 bits per heavy atom. The summed E-state index contributed by atoms with van der Waals surface area (Å²) in [6.45, 7) is 6.93. The van der Waals surface area contributed by atoms with Crippen LogP contribution in [0.15, 0.2) is 29.8 Å². The summed E-state index contributed by atoms with van der Waals surface area (Å²) < 4.78 is 0. The Bertz CT molecular complexity index is 398. The predicted octanol–water partition coefficient (Wildman–Crippen LogP) is 5.16. The van der Waals surface area contributed by atoms with Gasteiger partial charge in [0.15, 0.2) is 0 Å². The van der Waals surface area contributed by atoms with Crippen LogP contribution in [0.1, 0.15) is 63.5 Å². The Morgan fingerprint density at radius 1 is 1.00 bits per heavy atom. The third-order valence-electron chi connectivity index (χ3n) is 3.68. The fourth-order valence-corrected chi connectivity index (χ4v) is 2.95. The summed E-state index contributed by atoms with van der Waals surface area (Å²) in [4.78, 5) is 0. The fraction of sp³-hybridized carbons (Fsp3) is 0.500. The summed E-state index contributed by atoms with van der Waals surface area (Å²) in [6.07, 6.45) is 5.03. The Balaban J connectivity index is 2.44. The van der Waals surface area contributed by atoms with E-state index < -0.39 is 0 Å². The zero-order valence-corrected chi connectivity index (χ0v) is 10.7. The average Bonchev–Trinajstić information content (AvgIpc) is 2.57. The second-order valence-electron chi connectivity index (χ2n) is 4.81. The zero-order valence-electron chi connectivity index (χ0n) is 10.7. The SMILES string of the molecule is CCCC1=C(CCC)C(C)c2ccccc21. The first-order chi connectivity index (χ1) is 7.79. The number of rotatable bonds is 4. The van der Waals surface area contributed by atoms with Crippen molar-refractivity contribution in [2.75, 3.05) is 0 Å². The van der Waals surface area contributed by atoms with Crippen LogP contribution in [0, 0.1) is 0 Å². The van der Waals surface area contributed by atoms with E-state index in [1.807, 2.05) is 0 Å². The molecule has 0 heteroatoms. The molecule has 1 aliphatic carbocycles. The molecule has 1 aromatic carbocycles. The molecule has 1 aliphatic rings. The third-order valence-corrected chi connectivity index (χ3v) is 3.68. The molecule has 0 amide bonds. The monoisotopic (exact) mass is 214 g/mol. The van der Waals surface area contributed by atoms with E-state index in [9.17, 15) is 0 Å². The van der Waals surface area contributed by atoms with Crippen molar-refractivity contribution in [2.24, 2.45) is 0 Å². The summed E-state index contributed by atoms with van der Waals surface area (Å²) >= 11 is 0. The molecule has 1 unspecified atom stereocenters. The predicted molar refractivity (Wildman–Crippen MR) is 71.6 cm³/mol. The van der Waals surface area contributed by atoms with Crippen molar-refractivity contribution < 1.29 is 0 Å². The molecule has 0 aliphatic heterocycles. The van der Waals surface area contributed by atoms with Crippen molar-refractivity contribution in [1.29, 1.82) is 0 Å². The van der Waals surface area contributed by atoms with E-state index in [-0.39, 0.29) is 0 Å². The maximum atomic E-state index is 2.37. The topological polar surface area (TPSA) is 0 Å². The van der Waals surface area contributed by atoms with Crippen molar-refractivity contribution in [3.63, 3.8) is 0 Å². The van der Waals surface area contributed by atoms with E-state index in [0.717, 1.165) is 0 Å². The Kier molecular flexibility index (Phi) is 3.48. The Labute approximate surface area is 99.4 Å².